The number of urea groups is 1. The van der Waals surface area contributed by atoms with Crippen LogP contribution >= 0.6 is 0 Å². The number of hydrogen-bond acceptors (Lipinski definition) is 5. The molecule has 1 aliphatic heterocycles. The smallest absolute Gasteiger partial charge is 0.315 e. The zero-order chi connectivity index (χ0) is 33.0. The van der Waals surface area contributed by atoms with Gasteiger partial charge in [-0.3, -0.25) is 0 Å². The van der Waals surface area contributed by atoms with Crippen molar-refractivity contribution in [3.63, 3.8) is 0 Å². The third-order valence-corrected chi connectivity index (χ3v) is 9.26. The highest BCUT2D eigenvalue weighted by atomic mass is 16.7. The molecular formula is C39H63N3O4. The van der Waals surface area contributed by atoms with Crippen LogP contribution in [-0.4, -0.2) is 48.3 Å². The Kier molecular flexibility index (Phi) is 18.3. The lowest BCUT2D eigenvalue weighted by molar-refractivity contribution is -0.276. The van der Waals surface area contributed by atoms with Crippen molar-refractivity contribution in [1.82, 2.24) is 15.5 Å². The van der Waals surface area contributed by atoms with Gasteiger partial charge in [-0.2, -0.15) is 0 Å². The lowest BCUT2D eigenvalue weighted by atomic mass is 9.90. The molecule has 2 amide bonds. The van der Waals surface area contributed by atoms with Crippen LogP contribution in [0, 0.1) is 5.92 Å². The van der Waals surface area contributed by atoms with E-state index in [4.69, 9.17) is 9.47 Å². The average molecular weight is 638 g/mol. The van der Waals surface area contributed by atoms with Crippen LogP contribution in [0.2, 0.25) is 0 Å². The maximum absolute atomic E-state index is 11.9. The Morgan fingerprint density at radius 2 is 1.26 bits per heavy atom. The van der Waals surface area contributed by atoms with Crippen molar-refractivity contribution in [2.24, 2.45) is 5.92 Å². The second kappa shape index (κ2) is 22.2. The van der Waals surface area contributed by atoms with Crippen LogP contribution in [0.15, 0.2) is 48.5 Å². The highest BCUT2D eigenvalue weighted by Gasteiger charge is 2.39. The standard InChI is InChI=1S/C39H63N3O4/c1-5-8-10-12-14-16-26-42(27-17-15-13-11-9-6-2)29-36-31(4)37(34-22-20-33(30-43)21-23-34)46-38(45-36)35-24-18-32(19-25-35)28-41-39(44)40-7-3/h18-25,31,36-38,43H,5-17,26-30H2,1-4H3,(H2,40,41,44). The van der Waals surface area contributed by atoms with E-state index in [-0.39, 0.29) is 30.8 Å². The van der Waals surface area contributed by atoms with Crippen LogP contribution in [0.4, 0.5) is 4.79 Å². The number of hydrogen-bond donors (Lipinski definition) is 3. The van der Waals surface area contributed by atoms with Gasteiger partial charge in [-0.05, 0) is 49.5 Å². The normalized spacial score (nSPS) is 19.8. The number of aliphatic hydroxyl groups is 1. The maximum Gasteiger partial charge on any atom is 0.315 e. The molecule has 0 saturated carbocycles. The molecule has 0 bridgehead atoms. The van der Waals surface area contributed by atoms with Crippen LogP contribution in [0.3, 0.4) is 0 Å². The Morgan fingerprint density at radius 3 is 1.83 bits per heavy atom. The number of nitrogens with zero attached hydrogens (tertiary/aromatic N) is 1. The van der Waals surface area contributed by atoms with E-state index in [0.29, 0.717) is 13.1 Å². The molecule has 4 atom stereocenters. The molecule has 3 rings (SSSR count). The van der Waals surface area contributed by atoms with Gasteiger partial charge in [0.2, 0.25) is 0 Å². The SMILES string of the molecule is CCCCCCCCN(CCCCCCCC)CC1OC(c2ccc(CNC(=O)NCC)cc2)OC(c2ccc(CO)cc2)C1C. The average Bonchev–Trinajstić information content (AvgIpc) is 3.08. The number of rotatable bonds is 22. The molecule has 0 aromatic heterocycles. The molecule has 1 fully saturated rings. The van der Waals surface area contributed by atoms with Gasteiger partial charge < -0.3 is 30.1 Å². The molecule has 0 aliphatic carbocycles. The van der Waals surface area contributed by atoms with E-state index in [1.165, 1.54) is 77.0 Å². The molecule has 7 nitrogen and oxygen atoms in total. The van der Waals surface area contributed by atoms with Crippen molar-refractivity contribution in [1.29, 1.82) is 0 Å². The predicted molar refractivity (Wildman–Crippen MR) is 189 cm³/mol. The molecule has 7 heteroatoms. The fourth-order valence-corrected chi connectivity index (χ4v) is 6.31. The maximum atomic E-state index is 11.9. The van der Waals surface area contributed by atoms with Gasteiger partial charge in [-0.1, -0.05) is 134 Å². The molecule has 1 saturated heterocycles. The number of benzene rings is 2. The second-order valence-corrected chi connectivity index (χ2v) is 13.1. The van der Waals surface area contributed by atoms with Gasteiger partial charge in [0.05, 0.1) is 18.8 Å². The summed E-state index contributed by atoms with van der Waals surface area (Å²) in [6.45, 7) is 12.9. The van der Waals surface area contributed by atoms with Crippen molar-refractivity contribution in [2.45, 2.75) is 136 Å². The summed E-state index contributed by atoms with van der Waals surface area (Å²) in [4.78, 5) is 14.5. The van der Waals surface area contributed by atoms with Crippen LogP contribution in [0.25, 0.3) is 0 Å². The molecule has 1 aliphatic rings. The van der Waals surface area contributed by atoms with Crippen molar-refractivity contribution in [3.8, 4) is 0 Å². The number of ether oxygens (including phenoxy) is 2. The van der Waals surface area contributed by atoms with E-state index in [9.17, 15) is 9.90 Å². The summed E-state index contributed by atoms with van der Waals surface area (Å²) in [5.41, 5.74) is 4.02. The highest BCUT2D eigenvalue weighted by molar-refractivity contribution is 5.73. The van der Waals surface area contributed by atoms with Crippen molar-refractivity contribution < 1.29 is 19.4 Å². The Morgan fingerprint density at radius 1 is 0.717 bits per heavy atom. The Hall–Kier alpha value is -2.45. The van der Waals surface area contributed by atoms with Crippen LogP contribution in [0.1, 0.15) is 139 Å². The van der Waals surface area contributed by atoms with Gasteiger partial charge in [0, 0.05) is 31.1 Å². The van der Waals surface area contributed by atoms with Crippen molar-refractivity contribution in [3.05, 3.63) is 70.8 Å². The fourth-order valence-electron chi connectivity index (χ4n) is 6.31. The van der Waals surface area contributed by atoms with Gasteiger partial charge in [-0.15, -0.1) is 0 Å². The molecule has 2 aromatic rings. The zero-order valence-electron chi connectivity index (χ0n) is 29.3. The van der Waals surface area contributed by atoms with E-state index >= 15 is 0 Å². The molecule has 0 radical (unpaired) electrons. The minimum absolute atomic E-state index is 0.0144. The summed E-state index contributed by atoms with van der Waals surface area (Å²) in [5.74, 6) is 0.161. The zero-order valence-corrected chi connectivity index (χ0v) is 29.3. The van der Waals surface area contributed by atoms with Crippen LogP contribution in [0.5, 0.6) is 0 Å². The first-order chi connectivity index (χ1) is 22.5. The number of aliphatic hydroxyl groups excluding tert-OH is 1. The van der Waals surface area contributed by atoms with Crippen molar-refractivity contribution in [2.75, 3.05) is 26.2 Å². The summed E-state index contributed by atoms with van der Waals surface area (Å²) >= 11 is 0. The molecule has 2 aromatic carbocycles. The largest absolute Gasteiger partial charge is 0.392 e. The van der Waals surface area contributed by atoms with E-state index in [1.807, 2.05) is 31.2 Å². The summed E-state index contributed by atoms with van der Waals surface area (Å²) in [6.07, 6.45) is 15.0. The predicted octanol–water partition coefficient (Wildman–Crippen LogP) is 8.81. The first kappa shape index (κ1) is 38.0. The first-order valence-corrected chi connectivity index (χ1v) is 18.3. The number of carbonyl (C=O) groups excluding carboxylic acids is 1. The van der Waals surface area contributed by atoms with Gasteiger partial charge >= 0.3 is 6.03 Å². The third-order valence-electron chi connectivity index (χ3n) is 9.26. The van der Waals surface area contributed by atoms with E-state index in [0.717, 1.165) is 41.9 Å². The third kappa shape index (κ3) is 13.3. The molecule has 1 heterocycles. The summed E-state index contributed by atoms with van der Waals surface area (Å²) in [7, 11) is 0. The Bertz CT molecular complexity index is 1060. The number of amides is 2. The fraction of sp³-hybridized carbons (Fsp3) is 0.667. The molecule has 0 spiro atoms. The molecule has 3 N–H and O–H groups in total. The lowest BCUT2D eigenvalue weighted by Crippen LogP contribution is -2.45. The Balaban J connectivity index is 1.74. The summed E-state index contributed by atoms with van der Waals surface area (Å²) < 4.78 is 13.5. The minimum atomic E-state index is -0.487. The van der Waals surface area contributed by atoms with Crippen molar-refractivity contribution >= 4 is 6.03 Å². The number of nitrogens with one attached hydrogen (secondary N) is 2. The molecule has 258 valence electrons. The summed E-state index contributed by atoms with van der Waals surface area (Å²) in [6, 6.07) is 16.2. The topological polar surface area (TPSA) is 83.1 Å². The highest BCUT2D eigenvalue weighted by Crippen LogP contribution is 2.42. The quantitative estimate of drug-likeness (QED) is 0.112. The minimum Gasteiger partial charge on any atom is -0.392 e. The monoisotopic (exact) mass is 637 g/mol. The molecule has 4 unspecified atom stereocenters. The summed E-state index contributed by atoms with van der Waals surface area (Å²) in [5, 5.41) is 15.3. The Labute approximate surface area is 279 Å². The van der Waals surface area contributed by atoms with Gasteiger partial charge in [0.15, 0.2) is 6.29 Å². The van der Waals surface area contributed by atoms with Crippen LogP contribution < -0.4 is 10.6 Å². The first-order valence-electron chi connectivity index (χ1n) is 18.3. The van der Waals surface area contributed by atoms with Gasteiger partial charge in [0.1, 0.15) is 0 Å². The lowest BCUT2D eigenvalue weighted by Gasteiger charge is -2.43. The molecule has 46 heavy (non-hydrogen) atoms. The molecular weight excluding hydrogens is 574 g/mol. The van der Waals surface area contributed by atoms with Crippen LogP contribution in [-0.2, 0) is 22.6 Å². The van der Waals surface area contributed by atoms with Gasteiger partial charge in [-0.25, -0.2) is 4.79 Å². The van der Waals surface area contributed by atoms with E-state index < -0.39 is 6.29 Å². The number of carbonyl (C=O) groups is 1. The second-order valence-electron chi connectivity index (χ2n) is 13.1. The van der Waals surface area contributed by atoms with Gasteiger partial charge in [0.25, 0.3) is 0 Å². The van der Waals surface area contributed by atoms with E-state index in [1.54, 1.807) is 0 Å². The van der Waals surface area contributed by atoms with E-state index in [2.05, 4.69) is 60.6 Å². The number of unbranched alkanes of at least 4 members (excludes halogenated alkanes) is 10.